The molecule has 15 N–H and O–H groups in total. The second-order valence-corrected chi connectivity index (χ2v) is 13.2. The van der Waals surface area contributed by atoms with E-state index in [9.17, 15) is 75.7 Å². The minimum atomic E-state index is -2.15. The van der Waals surface area contributed by atoms with Gasteiger partial charge in [-0.3, -0.25) is 14.4 Å². The van der Waals surface area contributed by atoms with E-state index in [1.807, 2.05) is 0 Å². The number of aliphatic hydroxyl groups is 12. The molecule has 3 amide bonds. The Morgan fingerprint density at radius 3 is 1.57 bits per heavy atom. The van der Waals surface area contributed by atoms with Gasteiger partial charge in [-0.05, 0) is 0 Å². The molecule has 0 aliphatic carbocycles. The molecule has 0 aromatic heterocycles. The van der Waals surface area contributed by atoms with Gasteiger partial charge >= 0.3 is 0 Å². The van der Waals surface area contributed by atoms with Crippen LogP contribution < -0.4 is 16.0 Å². The first kappa shape index (κ1) is 46.1. The Bertz CT molecular complexity index is 1210. The molecule has 0 aromatic rings. The van der Waals surface area contributed by atoms with E-state index in [4.69, 9.17) is 28.4 Å². The van der Waals surface area contributed by atoms with E-state index in [2.05, 4.69) is 16.0 Å². The largest absolute Gasteiger partial charge is 0.394 e. The van der Waals surface area contributed by atoms with Crippen molar-refractivity contribution >= 4 is 17.7 Å². The van der Waals surface area contributed by atoms with Crippen LogP contribution in [0.1, 0.15) is 20.8 Å². The summed E-state index contributed by atoms with van der Waals surface area (Å²) in [7, 11) is 0. The standard InChI is InChI=1S/C30H53N3O21/c1-9(38)31-12(4-34)26(19(42)13(41)8-49-28-17(32-10(2)39)22(45)20(43)14(5-35)50-28)53-30-25(48)24(47)27(16(7-37)52-30)54-29-18(33-11(3)40)23(46)21(44)15(6-36)51-29/h12-30,34-37,41-48H,4-8H2,1-3H3,(H,31,38)(H,32,39)(H,33,40)/t12-,13+,14+,15+,16+,17+,18+,19-,20+,21+,22+,23+,24+,25+,26+,27-,28+,29+,30-/m0/s1. The van der Waals surface area contributed by atoms with E-state index in [1.54, 1.807) is 0 Å². The third-order valence-corrected chi connectivity index (χ3v) is 9.05. The molecule has 0 bridgehead atoms. The van der Waals surface area contributed by atoms with Crippen molar-refractivity contribution in [3.8, 4) is 0 Å². The highest BCUT2D eigenvalue weighted by Gasteiger charge is 2.53. The third kappa shape index (κ3) is 11.2. The number of aliphatic hydroxyl groups excluding tert-OH is 12. The van der Waals surface area contributed by atoms with Crippen LogP contribution in [-0.4, -0.2) is 228 Å². The maximum absolute atomic E-state index is 12.0. The molecule has 3 rings (SSSR count). The van der Waals surface area contributed by atoms with Crippen LogP contribution in [-0.2, 0) is 42.8 Å². The number of rotatable bonds is 17. The molecular formula is C30H53N3O21. The van der Waals surface area contributed by atoms with Crippen molar-refractivity contribution in [3.63, 3.8) is 0 Å². The van der Waals surface area contributed by atoms with Crippen LogP contribution in [0.2, 0.25) is 0 Å². The topological polar surface area (TPSA) is 385 Å². The van der Waals surface area contributed by atoms with Gasteiger partial charge in [-0.15, -0.1) is 0 Å². The van der Waals surface area contributed by atoms with Crippen LogP contribution in [0.3, 0.4) is 0 Å². The van der Waals surface area contributed by atoms with Crippen molar-refractivity contribution in [1.29, 1.82) is 0 Å². The fraction of sp³-hybridized carbons (Fsp3) is 0.900. The molecule has 0 radical (unpaired) electrons. The van der Waals surface area contributed by atoms with Gasteiger partial charge in [0.05, 0.1) is 39.1 Å². The zero-order chi connectivity index (χ0) is 40.6. The van der Waals surface area contributed by atoms with Gasteiger partial charge in [-0.2, -0.15) is 0 Å². The molecule has 3 aliphatic heterocycles. The van der Waals surface area contributed by atoms with Crippen molar-refractivity contribution in [1.82, 2.24) is 16.0 Å². The van der Waals surface area contributed by atoms with Crippen LogP contribution in [0.4, 0.5) is 0 Å². The summed E-state index contributed by atoms with van der Waals surface area (Å²) in [4.78, 5) is 35.6. The monoisotopic (exact) mass is 791 g/mol. The Morgan fingerprint density at radius 1 is 0.630 bits per heavy atom. The van der Waals surface area contributed by atoms with Gasteiger partial charge in [0.2, 0.25) is 17.7 Å². The van der Waals surface area contributed by atoms with Crippen LogP contribution in [0.15, 0.2) is 0 Å². The summed E-state index contributed by atoms with van der Waals surface area (Å²) in [5.41, 5.74) is 0. The number of carbonyl (C=O) groups is 3. The lowest BCUT2D eigenvalue weighted by Gasteiger charge is -2.47. The molecule has 3 saturated heterocycles. The Labute approximate surface area is 308 Å². The molecule has 3 heterocycles. The molecule has 24 nitrogen and oxygen atoms in total. The van der Waals surface area contributed by atoms with Crippen molar-refractivity contribution in [2.45, 2.75) is 137 Å². The summed E-state index contributed by atoms with van der Waals surface area (Å²) < 4.78 is 33.5. The summed E-state index contributed by atoms with van der Waals surface area (Å²) in [6, 6.07) is -4.46. The van der Waals surface area contributed by atoms with E-state index in [1.165, 1.54) is 0 Å². The van der Waals surface area contributed by atoms with Crippen LogP contribution in [0.5, 0.6) is 0 Å². The first-order valence-electron chi connectivity index (χ1n) is 17.0. The van der Waals surface area contributed by atoms with Gasteiger partial charge in [-0.1, -0.05) is 0 Å². The maximum atomic E-state index is 12.0. The predicted molar refractivity (Wildman–Crippen MR) is 171 cm³/mol. The van der Waals surface area contributed by atoms with Crippen molar-refractivity contribution in [3.05, 3.63) is 0 Å². The second-order valence-electron chi connectivity index (χ2n) is 13.2. The van der Waals surface area contributed by atoms with E-state index < -0.39 is 167 Å². The lowest BCUT2D eigenvalue weighted by atomic mass is 9.95. The van der Waals surface area contributed by atoms with E-state index in [0.717, 1.165) is 20.8 Å². The molecule has 0 saturated carbocycles. The fourth-order valence-electron chi connectivity index (χ4n) is 6.26. The molecule has 0 spiro atoms. The first-order valence-corrected chi connectivity index (χ1v) is 17.0. The Morgan fingerprint density at radius 2 is 1.11 bits per heavy atom. The highest BCUT2D eigenvalue weighted by molar-refractivity contribution is 5.74. The third-order valence-electron chi connectivity index (χ3n) is 9.05. The molecule has 24 heteroatoms. The summed E-state index contributed by atoms with van der Waals surface area (Å²) in [5, 5.41) is 132. The zero-order valence-electron chi connectivity index (χ0n) is 29.5. The molecule has 314 valence electrons. The van der Waals surface area contributed by atoms with Gasteiger partial charge in [-0.25, -0.2) is 0 Å². The molecule has 0 aromatic carbocycles. The highest BCUT2D eigenvalue weighted by atomic mass is 16.7. The number of amides is 3. The summed E-state index contributed by atoms with van der Waals surface area (Å²) >= 11 is 0. The average Bonchev–Trinajstić information content (AvgIpc) is 3.12. The van der Waals surface area contributed by atoms with Gasteiger partial charge in [0.1, 0.15) is 91.4 Å². The van der Waals surface area contributed by atoms with Gasteiger partial charge in [0.25, 0.3) is 0 Å². The van der Waals surface area contributed by atoms with Gasteiger partial charge in [0, 0.05) is 20.8 Å². The molecule has 0 unspecified atom stereocenters. The van der Waals surface area contributed by atoms with E-state index in [0.29, 0.717) is 0 Å². The van der Waals surface area contributed by atoms with Crippen LogP contribution >= 0.6 is 0 Å². The number of nitrogens with one attached hydrogen (secondary N) is 3. The Balaban J connectivity index is 1.82. The number of ether oxygens (including phenoxy) is 6. The first-order chi connectivity index (χ1) is 25.4. The average molecular weight is 792 g/mol. The molecule has 19 atom stereocenters. The van der Waals surface area contributed by atoms with Crippen molar-refractivity contribution < 1.29 is 104 Å². The number of hydrogen-bond acceptors (Lipinski definition) is 21. The van der Waals surface area contributed by atoms with Gasteiger partial charge < -0.3 is 106 Å². The van der Waals surface area contributed by atoms with Crippen LogP contribution in [0.25, 0.3) is 0 Å². The second kappa shape index (κ2) is 20.7. The summed E-state index contributed by atoms with van der Waals surface area (Å²) in [6.07, 6.45) is -28.5. The minimum absolute atomic E-state index is 0.673. The van der Waals surface area contributed by atoms with Crippen LogP contribution in [0, 0.1) is 0 Å². The molecule has 3 fully saturated rings. The Kier molecular flexibility index (Phi) is 17.7. The minimum Gasteiger partial charge on any atom is -0.394 e. The molecule has 54 heavy (non-hydrogen) atoms. The van der Waals surface area contributed by atoms with E-state index >= 15 is 0 Å². The quantitative estimate of drug-likeness (QED) is 0.0650. The highest BCUT2D eigenvalue weighted by Crippen LogP contribution is 2.31. The summed E-state index contributed by atoms with van der Waals surface area (Å²) in [5.74, 6) is -2.12. The number of carbonyl (C=O) groups excluding carboxylic acids is 3. The fourth-order valence-corrected chi connectivity index (χ4v) is 6.26. The van der Waals surface area contributed by atoms with E-state index in [-0.39, 0.29) is 0 Å². The normalized spacial score (nSPS) is 39.5. The summed E-state index contributed by atoms with van der Waals surface area (Å²) in [6.45, 7) is -1.15. The smallest absolute Gasteiger partial charge is 0.217 e. The maximum Gasteiger partial charge on any atom is 0.217 e. The van der Waals surface area contributed by atoms with Gasteiger partial charge in [0.15, 0.2) is 18.9 Å². The van der Waals surface area contributed by atoms with Crippen molar-refractivity contribution in [2.75, 3.05) is 33.0 Å². The predicted octanol–water partition coefficient (Wildman–Crippen LogP) is -9.68. The molecular weight excluding hydrogens is 738 g/mol. The number of hydrogen-bond donors (Lipinski definition) is 15. The van der Waals surface area contributed by atoms with Crippen molar-refractivity contribution in [2.24, 2.45) is 0 Å². The SMILES string of the molecule is CC(=O)N[C@H]1[C@H](OC[C@@H](O)[C@H](O)[C@H](O[C@@H]2O[C@H](CO)[C@H](O[C@H]3O[C@H](CO)[C@@H](O)[C@H](O)[C@H]3NC(C)=O)[C@H](O)[C@H]2O)[C@H](CO)NC(C)=O)O[C@H](CO)[C@@H](O)[C@@H]1O. The Hall–Kier alpha value is -2.31. The molecule has 3 aliphatic rings. The lowest BCUT2D eigenvalue weighted by molar-refractivity contribution is -0.356. The lowest BCUT2D eigenvalue weighted by Crippen LogP contribution is -2.68. The zero-order valence-corrected chi connectivity index (χ0v) is 29.5.